The van der Waals surface area contributed by atoms with E-state index in [1.165, 1.54) is 6.07 Å². The molecule has 1 aromatic rings. The molecule has 0 aliphatic carbocycles. The standard InChI is InChI=1S/C12H13NO5/c1-17-4-2-3-7-5-10(15)18-8-6-9(14)13-12(16)11(7)8/h5H,2-4,6H2,1H3,(H,13,14,16). The summed E-state index contributed by atoms with van der Waals surface area (Å²) in [5, 5.41) is 2.21. The number of fused-ring (bicyclic) bond motifs is 1. The Morgan fingerprint density at radius 2 is 2.17 bits per heavy atom. The van der Waals surface area contributed by atoms with E-state index < -0.39 is 17.4 Å². The second-order valence-corrected chi connectivity index (χ2v) is 4.04. The van der Waals surface area contributed by atoms with Crippen molar-refractivity contribution < 1.29 is 18.7 Å². The van der Waals surface area contributed by atoms with Crippen LogP contribution in [0.15, 0.2) is 15.3 Å². The summed E-state index contributed by atoms with van der Waals surface area (Å²) in [5.74, 6) is -0.800. The zero-order valence-corrected chi connectivity index (χ0v) is 9.95. The maximum Gasteiger partial charge on any atom is 0.336 e. The van der Waals surface area contributed by atoms with Crippen LogP contribution >= 0.6 is 0 Å². The fourth-order valence-electron chi connectivity index (χ4n) is 1.98. The smallest absolute Gasteiger partial charge is 0.336 e. The number of nitrogens with one attached hydrogen (secondary N) is 1. The minimum Gasteiger partial charge on any atom is -0.426 e. The number of amides is 2. The van der Waals surface area contributed by atoms with Crippen LogP contribution in [0.5, 0.6) is 0 Å². The second kappa shape index (κ2) is 5.14. The van der Waals surface area contributed by atoms with Crippen LogP contribution in [0.2, 0.25) is 0 Å². The molecule has 18 heavy (non-hydrogen) atoms. The molecule has 1 aliphatic rings. The van der Waals surface area contributed by atoms with Gasteiger partial charge in [-0.1, -0.05) is 0 Å². The molecular weight excluding hydrogens is 238 g/mol. The van der Waals surface area contributed by atoms with Gasteiger partial charge in [0.2, 0.25) is 5.91 Å². The number of rotatable bonds is 4. The van der Waals surface area contributed by atoms with Gasteiger partial charge in [0.1, 0.15) is 5.76 Å². The molecule has 2 rings (SSSR count). The first kappa shape index (κ1) is 12.5. The topological polar surface area (TPSA) is 85.6 Å². The number of hydrogen-bond acceptors (Lipinski definition) is 5. The summed E-state index contributed by atoms with van der Waals surface area (Å²) in [6, 6.07) is 1.30. The fraction of sp³-hybridized carbons (Fsp3) is 0.417. The fourth-order valence-corrected chi connectivity index (χ4v) is 1.98. The van der Waals surface area contributed by atoms with Crippen LogP contribution in [0.4, 0.5) is 0 Å². The van der Waals surface area contributed by atoms with E-state index in [2.05, 4.69) is 5.32 Å². The number of carbonyl (C=O) groups excluding carboxylic acids is 2. The van der Waals surface area contributed by atoms with Crippen LogP contribution in [-0.2, 0) is 22.4 Å². The number of hydrogen-bond donors (Lipinski definition) is 1. The normalized spacial score (nSPS) is 14.3. The molecule has 1 aromatic heterocycles. The van der Waals surface area contributed by atoms with E-state index in [-0.39, 0.29) is 12.2 Å². The lowest BCUT2D eigenvalue weighted by atomic mass is 9.98. The van der Waals surface area contributed by atoms with Gasteiger partial charge in [-0.15, -0.1) is 0 Å². The van der Waals surface area contributed by atoms with Gasteiger partial charge in [-0.3, -0.25) is 14.9 Å². The minimum absolute atomic E-state index is 0.0750. The minimum atomic E-state index is -0.538. The van der Waals surface area contributed by atoms with Crippen LogP contribution in [0.3, 0.4) is 0 Å². The van der Waals surface area contributed by atoms with E-state index in [0.29, 0.717) is 30.6 Å². The van der Waals surface area contributed by atoms with Crippen molar-refractivity contribution in [1.29, 1.82) is 0 Å². The molecule has 0 bridgehead atoms. The Hall–Kier alpha value is -1.95. The molecular formula is C12H13NO5. The van der Waals surface area contributed by atoms with Gasteiger partial charge >= 0.3 is 5.63 Å². The number of methoxy groups -OCH3 is 1. The highest BCUT2D eigenvalue weighted by Gasteiger charge is 2.27. The van der Waals surface area contributed by atoms with Crippen LogP contribution in [-0.4, -0.2) is 25.5 Å². The first-order valence-electron chi connectivity index (χ1n) is 5.61. The molecule has 0 atom stereocenters. The van der Waals surface area contributed by atoms with E-state index in [1.807, 2.05) is 0 Å². The van der Waals surface area contributed by atoms with Crippen molar-refractivity contribution in [3.63, 3.8) is 0 Å². The van der Waals surface area contributed by atoms with Gasteiger partial charge in [0, 0.05) is 19.8 Å². The van der Waals surface area contributed by atoms with Crippen molar-refractivity contribution in [3.05, 3.63) is 33.4 Å². The van der Waals surface area contributed by atoms with Gasteiger partial charge < -0.3 is 9.15 Å². The van der Waals surface area contributed by atoms with Crippen LogP contribution in [0, 0.1) is 0 Å². The largest absolute Gasteiger partial charge is 0.426 e. The predicted octanol–water partition coefficient (Wildman–Crippen LogP) is 0.0313. The van der Waals surface area contributed by atoms with Crippen molar-refractivity contribution in [2.24, 2.45) is 0 Å². The molecule has 0 spiro atoms. The van der Waals surface area contributed by atoms with Crippen molar-refractivity contribution in [3.8, 4) is 0 Å². The monoisotopic (exact) mass is 251 g/mol. The highest BCUT2D eigenvalue weighted by molar-refractivity contribution is 6.09. The third-order valence-electron chi connectivity index (χ3n) is 2.71. The third kappa shape index (κ3) is 2.48. The average molecular weight is 251 g/mol. The molecule has 6 nitrogen and oxygen atoms in total. The SMILES string of the molecule is COCCCc1cc(=O)oc2c1C(=O)NC(=O)C2. The second-order valence-electron chi connectivity index (χ2n) is 4.04. The van der Waals surface area contributed by atoms with E-state index in [4.69, 9.17) is 9.15 Å². The predicted molar refractivity (Wildman–Crippen MR) is 61.4 cm³/mol. The lowest BCUT2D eigenvalue weighted by molar-refractivity contribution is -0.120. The number of carbonyl (C=O) groups is 2. The van der Waals surface area contributed by atoms with Gasteiger partial charge in [0.25, 0.3) is 5.91 Å². The molecule has 2 amide bonds. The van der Waals surface area contributed by atoms with Crippen LogP contribution < -0.4 is 10.9 Å². The average Bonchev–Trinajstić information content (AvgIpc) is 2.27. The van der Waals surface area contributed by atoms with Gasteiger partial charge in [-0.25, -0.2) is 4.79 Å². The highest BCUT2D eigenvalue weighted by Crippen LogP contribution is 2.18. The summed E-state index contributed by atoms with van der Waals surface area (Å²) in [7, 11) is 1.58. The van der Waals surface area contributed by atoms with Gasteiger partial charge in [0.15, 0.2) is 0 Å². The van der Waals surface area contributed by atoms with Crippen LogP contribution in [0.1, 0.15) is 28.1 Å². The van der Waals surface area contributed by atoms with Gasteiger partial charge in [-0.05, 0) is 18.4 Å². The molecule has 0 saturated heterocycles. The number of imide groups is 1. The van der Waals surface area contributed by atoms with E-state index in [0.717, 1.165) is 0 Å². The number of aryl methyl sites for hydroxylation is 1. The maximum absolute atomic E-state index is 11.7. The Bertz CT molecular complexity index is 546. The first-order chi connectivity index (χ1) is 8.61. The molecule has 1 aliphatic heterocycles. The van der Waals surface area contributed by atoms with Crippen molar-refractivity contribution >= 4 is 11.8 Å². The Balaban J connectivity index is 2.37. The molecule has 2 heterocycles. The van der Waals surface area contributed by atoms with Gasteiger partial charge in [-0.2, -0.15) is 0 Å². The third-order valence-corrected chi connectivity index (χ3v) is 2.71. The summed E-state index contributed by atoms with van der Waals surface area (Å²) in [5.41, 5.74) is 0.372. The summed E-state index contributed by atoms with van der Waals surface area (Å²) >= 11 is 0. The lowest BCUT2D eigenvalue weighted by Crippen LogP contribution is -2.38. The molecule has 0 fully saturated rings. The number of ether oxygens (including phenoxy) is 1. The Kier molecular flexibility index (Phi) is 3.57. The summed E-state index contributed by atoms with van der Waals surface area (Å²) < 4.78 is 9.84. The quantitative estimate of drug-likeness (QED) is 0.602. The Morgan fingerprint density at radius 1 is 1.39 bits per heavy atom. The van der Waals surface area contributed by atoms with Gasteiger partial charge in [0.05, 0.1) is 12.0 Å². The Morgan fingerprint density at radius 3 is 2.89 bits per heavy atom. The summed E-state index contributed by atoms with van der Waals surface area (Å²) in [4.78, 5) is 34.3. The Labute approximate surface area is 103 Å². The molecule has 96 valence electrons. The first-order valence-corrected chi connectivity index (χ1v) is 5.61. The zero-order chi connectivity index (χ0) is 13.1. The lowest BCUT2D eigenvalue weighted by Gasteiger charge is -2.16. The maximum atomic E-state index is 11.7. The molecule has 0 unspecified atom stereocenters. The zero-order valence-electron chi connectivity index (χ0n) is 9.95. The molecule has 0 aromatic carbocycles. The summed E-state index contributed by atoms with van der Waals surface area (Å²) in [6.45, 7) is 0.537. The van der Waals surface area contributed by atoms with Crippen molar-refractivity contribution in [1.82, 2.24) is 5.32 Å². The van der Waals surface area contributed by atoms with E-state index in [9.17, 15) is 14.4 Å². The van der Waals surface area contributed by atoms with Crippen molar-refractivity contribution in [2.45, 2.75) is 19.3 Å². The molecule has 6 heteroatoms. The van der Waals surface area contributed by atoms with E-state index >= 15 is 0 Å². The molecule has 0 saturated carbocycles. The molecule has 1 N–H and O–H groups in total. The summed E-state index contributed by atoms with van der Waals surface area (Å²) in [6.07, 6.45) is 1.14. The molecule has 0 radical (unpaired) electrons. The van der Waals surface area contributed by atoms with E-state index in [1.54, 1.807) is 7.11 Å². The van der Waals surface area contributed by atoms with Crippen LogP contribution in [0.25, 0.3) is 0 Å². The van der Waals surface area contributed by atoms with Crippen molar-refractivity contribution in [2.75, 3.05) is 13.7 Å². The highest BCUT2D eigenvalue weighted by atomic mass is 16.5.